The zero-order valence-corrected chi connectivity index (χ0v) is 39.5. The molecule has 0 fully saturated rings. The Morgan fingerprint density at radius 1 is 0.177 bits per heavy atom. The Morgan fingerprint density at radius 2 is 0.419 bits per heavy atom. The summed E-state index contributed by atoms with van der Waals surface area (Å²) in [7, 11) is 0. The van der Waals surface area contributed by atoms with Gasteiger partial charge in [-0.1, -0.05) is 228 Å². The van der Waals surface area contributed by atoms with Crippen LogP contribution < -0.4 is 0 Å². The fraction of sp³-hybridized carbons (Fsp3) is 0.194. The van der Waals surface area contributed by atoms with Gasteiger partial charge >= 0.3 is 0 Å². The van der Waals surface area contributed by atoms with Gasteiger partial charge in [0, 0.05) is 0 Å². The molecule has 0 heterocycles. The first-order chi connectivity index (χ1) is 29.7. The molecule has 62 heavy (non-hydrogen) atoms. The Morgan fingerprint density at radius 3 is 0.710 bits per heavy atom. The first-order valence-corrected chi connectivity index (χ1v) is 21.8. The van der Waals surface area contributed by atoms with Crippen molar-refractivity contribution in [3.8, 4) is 11.1 Å². The van der Waals surface area contributed by atoms with E-state index in [-0.39, 0.29) is 0 Å². The Labute approximate surface area is 375 Å². The van der Waals surface area contributed by atoms with E-state index in [2.05, 4.69) is 277 Å². The van der Waals surface area contributed by atoms with E-state index in [0.717, 1.165) is 0 Å². The van der Waals surface area contributed by atoms with Gasteiger partial charge in [-0.15, -0.1) is 0 Å². The zero-order valence-electron chi connectivity index (χ0n) is 39.5. The summed E-state index contributed by atoms with van der Waals surface area (Å²) >= 11 is 0. The predicted molar refractivity (Wildman–Crippen MR) is 276 cm³/mol. The molecule has 0 aliphatic rings. The van der Waals surface area contributed by atoms with E-state index in [9.17, 15) is 0 Å². The van der Waals surface area contributed by atoms with Crippen LogP contribution in [-0.2, 0) is 0 Å². The van der Waals surface area contributed by atoms with Crippen LogP contribution >= 0.6 is 0 Å². The lowest BCUT2D eigenvalue weighted by Crippen LogP contribution is -1.80. The first-order valence-electron chi connectivity index (χ1n) is 21.8. The molecule has 0 N–H and O–H groups in total. The monoisotopic (exact) mass is 813 g/mol. The maximum absolute atomic E-state index is 2.18. The van der Waals surface area contributed by atoms with Crippen molar-refractivity contribution in [3.05, 3.63) is 261 Å². The molecule has 0 amide bonds. The van der Waals surface area contributed by atoms with Crippen molar-refractivity contribution >= 4 is 21.5 Å². The summed E-state index contributed by atoms with van der Waals surface area (Å²) in [4.78, 5) is 0. The van der Waals surface area contributed by atoms with Gasteiger partial charge in [-0.3, -0.25) is 0 Å². The van der Waals surface area contributed by atoms with E-state index in [0.29, 0.717) is 0 Å². The summed E-state index contributed by atoms with van der Waals surface area (Å²) in [5.41, 5.74) is 18.7. The van der Waals surface area contributed by atoms with E-state index in [1.807, 2.05) is 0 Å². The summed E-state index contributed by atoms with van der Waals surface area (Å²) in [6.07, 6.45) is 0. The Bertz CT molecular complexity index is 2490. The minimum absolute atomic E-state index is 1.29. The lowest BCUT2D eigenvalue weighted by Gasteiger charge is -2.03. The SMILES string of the molecule is Cc1ccc(-c2ccc(C)cc2)cc1.Cc1ccc(C)c2ccccc12.Cc1ccc(C)cc1.Cc1cccc(C)c1.Cc1cccc2c(C)cccc12.Cc1ccccc1C. The summed E-state index contributed by atoms with van der Waals surface area (Å²) < 4.78 is 0. The average Bonchev–Trinajstić information content (AvgIpc) is 3.27. The minimum atomic E-state index is 1.29. The molecule has 9 rings (SSSR count). The van der Waals surface area contributed by atoms with Crippen LogP contribution in [0.5, 0.6) is 0 Å². The number of benzene rings is 9. The second-order valence-corrected chi connectivity index (χ2v) is 16.6. The van der Waals surface area contributed by atoms with Crippen molar-refractivity contribution in [2.75, 3.05) is 0 Å². The molecule has 0 aliphatic carbocycles. The molecular formula is C62H68. The maximum Gasteiger partial charge on any atom is -0.0152 e. The molecule has 9 aromatic carbocycles. The molecular weight excluding hydrogens is 745 g/mol. The molecule has 0 saturated carbocycles. The van der Waals surface area contributed by atoms with Gasteiger partial charge in [-0.05, 0) is 149 Å². The number of aryl methyl sites for hydroxylation is 12. The predicted octanol–water partition coefficient (Wildman–Crippen LogP) is 17.8. The van der Waals surface area contributed by atoms with Crippen molar-refractivity contribution in [1.29, 1.82) is 0 Å². The molecule has 0 heteroatoms. The van der Waals surface area contributed by atoms with Crippen molar-refractivity contribution in [2.45, 2.75) is 83.1 Å². The fourth-order valence-electron chi connectivity index (χ4n) is 6.82. The van der Waals surface area contributed by atoms with E-state index < -0.39 is 0 Å². The second-order valence-electron chi connectivity index (χ2n) is 16.6. The van der Waals surface area contributed by atoms with Crippen LogP contribution in [0.4, 0.5) is 0 Å². The van der Waals surface area contributed by atoms with Crippen molar-refractivity contribution in [3.63, 3.8) is 0 Å². The van der Waals surface area contributed by atoms with Gasteiger partial charge in [0.15, 0.2) is 0 Å². The number of rotatable bonds is 1. The number of hydrogen-bond donors (Lipinski definition) is 0. The van der Waals surface area contributed by atoms with Gasteiger partial charge in [0.25, 0.3) is 0 Å². The molecule has 0 aromatic heterocycles. The molecule has 0 spiro atoms. The number of fused-ring (bicyclic) bond motifs is 2. The molecule has 0 aliphatic heterocycles. The summed E-state index contributed by atoms with van der Waals surface area (Å²) in [6, 6.07) is 68.3. The Balaban J connectivity index is 0.000000166. The van der Waals surface area contributed by atoms with E-state index in [4.69, 9.17) is 0 Å². The molecule has 0 nitrogen and oxygen atoms in total. The molecule has 0 radical (unpaired) electrons. The standard InChI is InChI=1S/C14H14.2C12H12.3C8H10/c1-11-3-7-13(8-4-11)14-9-5-12(2)6-10-14;1-9-5-3-8-12-10(2)6-4-7-11(9)12;1-9-7-8-10(2)12-6-4-3-5-11(9)12;1-7-3-5-8(2)6-4-7;1-7-4-3-5-8(2)6-7;1-7-5-3-4-6-8(7)2/h3-10H,1-2H3;2*3-8H,1-2H3;3*3-6H,1-2H3. The van der Waals surface area contributed by atoms with E-state index in [1.54, 1.807) is 0 Å². The van der Waals surface area contributed by atoms with Gasteiger partial charge < -0.3 is 0 Å². The largest absolute Gasteiger partial charge is 0.0620 e. The third-order valence-electron chi connectivity index (χ3n) is 11.0. The van der Waals surface area contributed by atoms with E-state index >= 15 is 0 Å². The van der Waals surface area contributed by atoms with Gasteiger partial charge in [0.1, 0.15) is 0 Å². The average molecular weight is 813 g/mol. The quantitative estimate of drug-likeness (QED) is 0.155. The summed E-state index contributed by atoms with van der Waals surface area (Å²) in [5, 5.41) is 5.49. The van der Waals surface area contributed by atoms with Gasteiger partial charge in [-0.25, -0.2) is 0 Å². The van der Waals surface area contributed by atoms with Crippen LogP contribution in [-0.4, -0.2) is 0 Å². The minimum Gasteiger partial charge on any atom is -0.0620 e. The van der Waals surface area contributed by atoms with Crippen LogP contribution in [0.15, 0.2) is 194 Å². The smallest absolute Gasteiger partial charge is 0.0152 e. The number of hydrogen-bond acceptors (Lipinski definition) is 0. The Hall–Kier alpha value is -6.50. The van der Waals surface area contributed by atoms with Gasteiger partial charge in [-0.2, -0.15) is 0 Å². The molecule has 316 valence electrons. The molecule has 0 unspecified atom stereocenters. The van der Waals surface area contributed by atoms with Crippen LogP contribution in [0, 0.1) is 83.1 Å². The first kappa shape index (κ1) is 48.2. The fourth-order valence-corrected chi connectivity index (χ4v) is 6.82. The third kappa shape index (κ3) is 15.8. The highest BCUT2D eigenvalue weighted by molar-refractivity contribution is 5.89. The third-order valence-corrected chi connectivity index (χ3v) is 11.0. The maximum atomic E-state index is 2.18. The lowest BCUT2D eigenvalue weighted by molar-refractivity contribution is 1.34. The van der Waals surface area contributed by atoms with Crippen LogP contribution in [0.3, 0.4) is 0 Å². The highest BCUT2D eigenvalue weighted by Crippen LogP contribution is 2.23. The van der Waals surface area contributed by atoms with Crippen LogP contribution in [0.25, 0.3) is 32.7 Å². The van der Waals surface area contributed by atoms with Crippen molar-refractivity contribution < 1.29 is 0 Å². The molecule has 0 saturated heterocycles. The normalized spacial score (nSPS) is 9.94. The summed E-state index contributed by atoms with van der Waals surface area (Å²) in [5.74, 6) is 0. The lowest BCUT2D eigenvalue weighted by atomic mass is 10.0. The zero-order chi connectivity index (χ0) is 45.0. The summed E-state index contributed by atoms with van der Waals surface area (Å²) in [6.45, 7) is 25.5. The molecule has 0 bridgehead atoms. The van der Waals surface area contributed by atoms with Crippen molar-refractivity contribution in [1.82, 2.24) is 0 Å². The Kier molecular flexibility index (Phi) is 19.2. The molecule has 9 aromatic rings. The van der Waals surface area contributed by atoms with Crippen LogP contribution in [0.1, 0.15) is 66.8 Å². The van der Waals surface area contributed by atoms with E-state index in [1.165, 1.54) is 99.4 Å². The van der Waals surface area contributed by atoms with Crippen LogP contribution in [0.2, 0.25) is 0 Å². The highest BCUT2D eigenvalue weighted by atomic mass is 14.0. The second kappa shape index (κ2) is 24.7. The van der Waals surface area contributed by atoms with Gasteiger partial charge in [0.05, 0.1) is 0 Å². The molecule has 0 atom stereocenters. The van der Waals surface area contributed by atoms with Gasteiger partial charge in [0.2, 0.25) is 0 Å². The topological polar surface area (TPSA) is 0 Å². The van der Waals surface area contributed by atoms with Crippen molar-refractivity contribution in [2.24, 2.45) is 0 Å². The highest BCUT2D eigenvalue weighted by Gasteiger charge is 1.99.